The minimum absolute atomic E-state index is 0.102. The lowest BCUT2D eigenvalue weighted by atomic mass is 10.00. The first kappa shape index (κ1) is 27.7. The van der Waals surface area contributed by atoms with E-state index in [0.29, 0.717) is 65.9 Å². The zero-order valence-electron chi connectivity index (χ0n) is 17.6. The molecule has 0 saturated carbocycles. The number of carbonyl (C=O) groups is 2. The van der Waals surface area contributed by atoms with Crippen LogP contribution in [0.4, 0.5) is 0 Å². The Bertz CT molecular complexity index is 391. The number of carboxylic acid groups (broad SMARTS) is 1. The van der Waals surface area contributed by atoms with Crippen molar-refractivity contribution >= 4 is 11.9 Å². The molecular weight excluding hydrogens is 388 g/mol. The largest absolute Gasteiger partial charge is 0.481 e. The molecule has 0 spiro atoms. The van der Waals surface area contributed by atoms with Crippen molar-refractivity contribution in [1.82, 2.24) is 0 Å². The van der Waals surface area contributed by atoms with Crippen LogP contribution >= 0.6 is 0 Å². The van der Waals surface area contributed by atoms with E-state index in [0.717, 1.165) is 0 Å². The van der Waals surface area contributed by atoms with Gasteiger partial charge in [-0.2, -0.15) is 0 Å². The second kappa shape index (κ2) is 21.4. The fraction of sp³-hybridized carbons (Fsp3) is 0.895. The van der Waals surface area contributed by atoms with Crippen molar-refractivity contribution in [2.24, 2.45) is 5.92 Å². The Morgan fingerprint density at radius 2 is 1.10 bits per heavy atom. The van der Waals surface area contributed by atoms with Crippen LogP contribution in [-0.2, 0) is 42.7 Å². The molecule has 0 fully saturated rings. The first-order valence-electron chi connectivity index (χ1n) is 9.79. The van der Waals surface area contributed by atoms with Gasteiger partial charge in [0.05, 0.1) is 65.4 Å². The van der Waals surface area contributed by atoms with Gasteiger partial charge >= 0.3 is 11.9 Å². The van der Waals surface area contributed by atoms with Crippen LogP contribution in [0, 0.1) is 5.92 Å². The van der Waals surface area contributed by atoms with Gasteiger partial charge in [-0.3, -0.25) is 9.59 Å². The molecule has 0 radical (unpaired) electrons. The van der Waals surface area contributed by atoms with Crippen molar-refractivity contribution in [2.75, 3.05) is 86.9 Å². The summed E-state index contributed by atoms with van der Waals surface area (Å²) in [6, 6.07) is 0. The smallest absolute Gasteiger partial charge is 0.309 e. The molecule has 0 bridgehead atoms. The summed E-state index contributed by atoms with van der Waals surface area (Å²) in [5.74, 6) is -1.92. The van der Waals surface area contributed by atoms with E-state index in [1.807, 2.05) is 0 Å². The van der Waals surface area contributed by atoms with Gasteiger partial charge in [0.2, 0.25) is 0 Å². The molecule has 0 aromatic carbocycles. The van der Waals surface area contributed by atoms with Gasteiger partial charge in [0.25, 0.3) is 0 Å². The highest BCUT2D eigenvalue weighted by molar-refractivity contribution is 5.74. The number of aliphatic carboxylic acids is 1. The van der Waals surface area contributed by atoms with Gasteiger partial charge in [-0.1, -0.05) is 0 Å². The summed E-state index contributed by atoms with van der Waals surface area (Å²) >= 11 is 0. The lowest BCUT2D eigenvalue weighted by Crippen LogP contribution is -2.23. The number of carbonyl (C=O) groups excluding carboxylic acids is 1. The zero-order chi connectivity index (χ0) is 21.6. The van der Waals surface area contributed by atoms with Gasteiger partial charge in [-0.25, -0.2) is 0 Å². The van der Waals surface area contributed by atoms with Crippen LogP contribution < -0.4 is 0 Å². The number of methoxy groups -OCH3 is 2. The molecular formula is C19H36O10. The minimum Gasteiger partial charge on any atom is -0.481 e. The molecule has 0 aliphatic heterocycles. The summed E-state index contributed by atoms with van der Waals surface area (Å²) in [6.07, 6.45) is 0.490. The highest BCUT2D eigenvalue weighted by Gasteiger charge is 2.21. The SMILES string of the molecule is COCCOCCOCCOC(=O)C(CCOCCOCCOC)CCC(=O)O. The predicted molar refractivity (Wildman–Crippen MR) is 103 cm³/mol. The molecule has 0 aliphatic carbocycles. The fourth-order valence-electron chi connectivity index (χ4n) is 2.15. The maximum Gasteiger partial charge on any atom is 0.309 e. The second-order valence-electron chi connectivity index (χ2n) is 6.02. The topological polar surface area (TPSA) is 119 Å². The standard InChI is InChI=1S/C19H36O10/c1-23-7-9-26-12-11-25-6-5-17(3-4-18(20)21)19(22)29-16-15-28-14-13-27-10-8-24-2/h17H,3-16H2,1-2H3,(H,20,21). The minimum atomic E-state index is -0.952. The molecule has 0 heterocycles. The van der Waals surface area contributed by atoms with E-state index in [2.05, 4.69) is 0 Å². The zero-order valence-corrected chi connectivity index (χ0v) is 17.6. The molecule has 29 heavy (non-hydrogen) atoms. The Morgan fingerprint density at radius 3 is 1.59 bits per heavy atom. The summed E-state index contributed by atoms with van der Waals surface area (Å²) in [4.78, 5) is 23.0. The van der Waals surface area contributed by atoms with E-state index in [1.165, 1.54) is 0 Å². The summed E-state index contributed by atoms with van der Waals surface area (Å²) in [6.45, 7) is 4.38. The van der Waals surface area contributed by atoms with E-state index < -0.39 is 17.9 Å². The van der Waals surface area contributed by atoms with Gasteiger partial charge in [-0.05, 0) is 12.8 Å². The Balaban J connectivity index is 3.88. The molecule has 0 saturated heterocycles. The van der Waals surface area contributed by atoms with Crippen LogP contribution in [0.5, 0.6) is 0 Å². The predicted octanol–water partition coefficient (Wildman–Crippen LogP) is 0.760. The summed E-state index contributed by atoms with van der Waals surface area (Å²) in [5, 5.41) is 8.86. The first-order valence-corrected chi connectivity index (χ1v) is 9.79. The van der Waals surface area contributed by atoms with Crippen molar-refractivity contribution < 1.29 is 47.9 Å². The normalized spacial score (nSPS) is 12.1. The molecule has 1 atom stereocenters. The highest BCUT2D eigenvalue weighted by atomic mass is 16.6. The van der Waals surface area contributed by atoms with Crippen LogP contribution in [0.25, 0.3) is 0 Å². The van der Waals surface area contributed by atoms with Crippen LogP contribution in [0.2, 0.25) is 0 Å². The van der Waals surface area contributed by atoms with E-state index in [4.69, 9.17) is 38.3 Å². The lowest BCUT2D eigenvalue weighted by Gasteiger charge is -2.15. The molecule has 0 amide bonds. The van der Waals surface area contributed by atoms with Crippen LogP contribution in [-0.4, -0.2) is 104 Å². The van der Waals surface area contributed by atoms with Crippen molar-refractivity contribution in [2.45, 2.75) is 19.3 Å². The van der Waals surface area contributed by atoms with E-state index in [1.54, 1.807) is 14.2 Å². The Kier molecular flexibility index (Phi) is 20.5. The highest BCUT2D eigenvalue weighted by Crippen LogP contribution is 2.14. The van der Waals surface area contributed by atoms with Crippen LogP contribution in [0.1, 0.15) is 19.3 Å². The van der Waals surface area contributed by atoms with Crippen LogP contribution in [0.15, 0.2) is 0 Å². The number of ether oxygens (including phenoxy) is 7. The summed E-state index contributed by atoms with van der Waals surface area (Å²) in [7, 11) is 3.20. The van der Waals surface area contributed by atoms with Gasteiger partial charge < -0.3 is 38.3 Å². The average Bonchev–Trinajstić information content (AvgIpc) is 2.70. The van der Waals surface area contributed by atoms with Crippen molar-refractivity contribution in [3.63, 3.8) is 0 Å². The molecule has 1 unspecified atom stereocenters. The average molecular weight is 424 g/mol. The molecule has 0 aliphatic rings. The number of hydrogen-bond donors (Lipinski definition) is 1. The van der Waals surface area contributed by atoms with E-state index in [9.17, 15) is 9.59 Å². The quantitative estimate of drug-likeness (QED) is 0.197. The molecule has 10 heteroatoms. The molecule has 172 valence electrons. The lowest BCUT2D eigenvalue weighted by molar-refractivity contribution is -0.151. The monoisotopic (exact) mass is 424 g/mol. The van der Waals surface area contributed by atoms with Gasteiger partial charge in [0, 0.05) is 27.2 Å². The number of carboxylic acids is 1. The molecule has 10 nitrogen and oxygen atoms in total. The van der Waals surface area contributed by atoms with Gasteiger partial charge in [0.15, 0.2) is 0 Å². The summed E-state index contributed by atoms with van der Waals surface area (Å²) in [5.41, 5.74) is 0. The maximum absolute atomic E-state index is 12.2. The van der Waals surface area contributed by atoms with E-state index >= 15 is 0 Å². The van der Waals surface area contributed by atoms with Gasteiger partial charge in [0.1, 0.15) is 6.61 Å². The Morgan fingerprint density at radius 1 is 0.655 bits per heavy atom. The first-order chi connectivity index (χ1) is 14.1. The van der Waals surface area contributed by atoms with Crippen molar-refractivity contribution in [3.8, 4) is 0 Å². The number of esters is 1. The molecule has 0 aromatic heterocycles. The van der Waals surface area contributed by atoms with E-state index in [-0.39, 0.29) is 26.1 Å². The maximum atomic E-state index is 12.2. The van der Waals surface area contributed by atoms with Gasteiger partial charge in [-0.15, -0.1) is 0 Å². The van der Waals surface area contributed by atoms with Crippen molar-refractivity contribution in [3.05, 3.63) is 0 Å². The third-order valence-corrected chi connectivity index (χ3v) is 3.73. The molecule has 0 rings (SSSR count). The van der Waals surface area contributed by atoms with Crippen molar-refractivity contribution in [1.29, 1.82) is 0 Å². The number of rotatable bonds is 22. The second-order valence-corrected chi connectivity index (χ2v) is 6.02. The summed E-state index contributed by atoms with van der Waals surface area (Å²) < 4.78 is 36.2. The third kappa shape index (κ3) is 19.8. The fourth-order valence-corrected chi connectivity index (χ4v) is 2.15. The Labute approximate surface area is 172 Å². The Hall–Kier alpha value is -1.30. The number of hydrogen-bond acceptors (Lipinski definition) is 9. The molecule has 1 N–H and O–H groups in total. The van der Waals surface area contributed by atoms with Crippen LogP contribution in [0.3, 0.4) is 0 Å². The third-order valence-electron chi connectivity index (χ3n) is 3.73. The molecule has 0 aromatic rings.